The van der Waals surface area contributed by atoms with Crippen LogP contribution in [-0.2, 0) is 4.79 Å². The van der Waals surface area contributed by atoms with E-state index >= 15 is 0 Å². The van der Waals surface area contributed by atoms with Crippen LogP contribution in [-0.4, -0.2) is 31.8 Å². The molecule has 0 radical (unpaired) electrons. The van der Waals surface area contributed by atoms with Gasteiger partial charge in [-0.1, -0.05) is 0 Å². The van der Waals surface area contributed by atoms with Crippen LogP contribution in [0.2, 0.25) is 0 Å². The van der Waals surface area contributed by atoms with Crippen LogP contribution in [0.15, 0.2) is 23.5 Å². The lowest BCUT2D eigenvalue weighted by atomic mass is 10.1. The van der Waals surface area contributed by atoms with Crippen LogP contribution in [0.1, 0.15) is 10.4 Å². The van der Waals surface area contributed by atoms with Gasteiger partial charge in [-0.15, -0.1) is 11.6 Å². The number of methoxy groups -OCH3 is 2. The van der Waals surface area contributed by atoms with Crippen molar-refractivity contribution in [3.63, 3.8) is 0 Å². The Morgan fingerprint density at radius 1 is 1.27 bits per heavy atom. The molecule has 0 atom stereocenters. The Labute approximate surface area is 131 Å². The van der Waals surface area contributed by atoms with Crippen molar-refractivity contribution in [2.45, 2.75) is 0 Å². The molecule has 1 aliphatic heterocycles. The lowest BCUT2D eigenvalue weighted by Gasteiger charge is -2.23. The lowest BCUT2D eigenvalue weighted by molar-refractivity contribution is -0.113. The minimum atomic E-state index is -0.587. The maximum absolute atomic E-state index is 12.2. The van der Waals surface area contributed by atoms with E-state index in [1.54, 1.807) is 12.1 Å². The first kappa shape index (κ1) is 15.7. The third kappa shape index (κ3) is 2.69. The number of carbonyl (C=O) groups excluding carboxylic acids is 2. The van der Waals surface area contributed by atoms with Crippen molar-refractivity contribution in [3.8, 4) is 17.6 Å². The molecular formula is C14H12ClN3O4. The van der Waals surface area contributed by atoms with Crippen molar-refractivity contribution in [1.29, 1.82) is 5.26 Å². The van der Waals surface area contributed by atoms with Crippen LogP contribution >= 0.6 is 11.6 Å². The normalized spacial score (nSPS) is 14.9. The zero-order chi connectivity index (χ0) is 16.3. The highest BCUT2D eigenvalue weighted by Crippen LogP contribution is 2.35. The molecule has 2 rings (SSSR count). The summed E-state index contributed by atoms with van der Waals surface area (Å²) in [7, 11) is 2.91. The molecule has 0 aromatic heterocycles. The molecular weight excluding hydrogens is 310 g/mol. The summed E-state index contributed by atoms with van der Waals surface area (Å²) >= 11 is 5.46. The van der Waals surface area contributed by atoms with Crippen LogP contribution in [0, 0.1) is 11.3 Å². The second-order valence-electron chi connectivity index (χ2n) is 4.25. The first-order valence-corrected chi connectivity index (χ1v) is 6.67. The minimum Gasteiger partial charge on any atom is -0.493 e. The van der Waals surface area contributed by atoms with E-state index in [4.69, 9.17) is 26.3 Å². The molecule has 1 amide bonds. The van der Waals surface area contributed by atoms with E-state index in [-0.39, 0.29) is 17.3 Å². The number of benzene rings is 1. The smallest absolute Gasteiger partial charge is 0.259 e. The molecule has 22 heavy (non-hydrogen) atoms. The molecule has 0 saturated carbocycles. The van der Waals surface area contributed by atoms with E-state index in [0.717, 1.165) is 0 Å². The van der Waals surface area contributed by atoms with Crippen LogP contribution in [0.5, 0.6) is 11.5 Å². The van der Waals surface area contributed by atoms with Crippen molar-refractivity contribution in [2.75, 3.05) is 25.4 Å². The van der Waals surface area contributed by atoms with E-state index < -0.39 is 11.7 Å². The summed E-state index contributed by atoms with van der Waals surface area (Å²) < 4.78 is 10.3. The Hall–Kier alpha value is -2.72. The predicted octanol–water partition coefficient (Wildman–Crippen LogP) is 1.40. The van der Waals surface area contributed by atoms with Gasteiger partial charge in [-0.05, 0) is 6.07 Å². The van der Waals surface area contributed by atoms with Gasteiger partial charge in [-0.25, -0.2) is 0 Å². The monoisotopic (exact) mass is 321 g/mol. The van der Waals surface area contributed by atoms with Gasteiger partial charge in [-0.3, -0.25) is 9.59 Å². The number of ether oxygens (including phenoxy) is 2. The fourth-order valence-electron chi connectivity index (χ4n) is 1.97. The summed E-state index contributed by atoms with van der Waals surface area (Å²) in [6.45, 7) is 0. The Morgan fingerprint density at radius 2 is 1.91 bits per heavy atom. The Bertz CT molecular complexity index is 722. The number of nitriles is 1. The van der Waals surface area contributed by atoms with Crippen LogP contribution in [0.25, 0.3) is 0 Å². The first-order chi connectivity index (χ1) is 10.5. The highest BCUT2D eigenvalue weighted by molar-refractivity contribution is 6.31. The number of ketones is 1. The van der Waals surface area contributed by atoms with Crippen molar-refractivity contribution < 1.29 is 19.1 Å². The number of alkyl halides is 1. The van der Waals surface area contributed by atoms with Gasteiger partial charge < -0.3 is 20.1 Å². The fourth-order valence-corrected chi connectivity index (χ4v) is 2.10. The molecule has 0 spiro atoms. The molecule has 0 fully saturated rings. The molecule has 1 aromatic rings. The molecule has 0 aliphatic carbocycles. The van der Waals surface area contributed by atoms with Crippen LogP contribution in [0.3, 0.4) is 0 Å². The lowest BCUT2D eigenvalue weighted by Crippen LogP contribution is -2.35. The fraction of sp³-hybridized carbons (Fsp3) is 0.214. The highest BCUT2D eigenvalue weighted by atomic mass is 35.5. The van der Waals surface area contributed by atoms with Crippen molar-refractivity contribution in [2.24, 2.45) is 0 Å². The number of Topliss-reactive ketones (excluding diaryl/α,β-unsaturated/α-hetero) is 1. The van der Waals surface area contributed by atoms with Gasteiger partial charge in [0.05, 0.1) is 31.4 Å². The number of halogens is 1. The number of allylic oxidation sites excluding steroid dienone is 1. The van der Waals surface area contributed by atoms with E-state index in [0.29, 0.717) is 22.7 Å². The predicted molar refractivity (Wildman–Crippen MR) is 79.0 cm³/mol. The van der Waals surface area contributed by atoms with Crippen LogP contribution < -0.4 is 20.1 Å². The number of anilines is 1. The average molecular weight is 322 g/mol. The zero-order valence-electron chi connectivity index (χ0n) is 11.8. The molecule has 1 aromatic carbocycles. The maximum atomic E-state index is 12.2. The second kappa shape index (κ2) is 6.37. The number of hydrogen-bond donors (Lipinski definition) is 2. The Morgan fingerprint density at radius 3 is 2.45 bits per heavy atom. The topological polar surface area (TPSA) is 100 Å². The molecule has 0 unspecified atom stereocenters. The number of nitrogens with one attached hydrogen (secondary N) is 2. The number of amides is 1. The van der Waals surface area contributed by atoms with Crippen LogP contribution in [0.4, 0.5) is 5.69 Å². The van der Waals surface area contributed by atoms with Gasteiger partial charge in [0.15, 0.2) is 17.3 Å². The van der Waals surface area contributed by atoms with E-state index in [1.165, 1.54) is 20.3 Å². The molecule has 114 valence electrons. The summed E-state index contributed by atoms with van der Waals surface area (Å²) in [5.74, 6) is -0.621. The second-order valence-corrected chi connectivity index (χ2v) is 4.52. The van der Waals surface area contributed by atoms with E-state index in [1.807, 2.05) is 0 Å². The average Bonchev–Trinajstić information content (AvgIpc) is 2.54. The van der Waals surface area contributed by atoms with Gasteiger partial charge in [-0.2, -0.15) is 5.26 Å². The van der Waals surface area contributed by atoms with Gasteiger partial charge in [0.25, 0.3) is 5.91 Å². The third-order valence-corrected chi connectivity index (χ3v) is 3.27. The standard InChI is InChI=1S/C14H12ClN3O4/c1-21-11-3-7-9(4-12(11)22-2)17-13(18-14(7)20)8(6-16)10(19)5-15/h3-4,17H,5H2,1-2H3,(H,18,20)/b13-8-. The molecule has 2 N–H and O–H groups in total. The number of rotatable bonds is 4. The van der Waals surface area contributed by atoms with Crippen molar-refractivity contribution in [1.82, 2.24) is 5.32 Å². The molecule has 1 heterocycles. The largest absolute Gasteiger partial charge is 0.493 e. The van der Waals surface area contributed by atoms with Gasteiger partial charge in [0, 0.05) is 6.07 Å². The highest BCUT2D eigenvalue weighted by Gasteiger charge is 2.26. The zero-order valence-corrected chi connectivity index (χ0v) is 12.6. The molecule has 8 heteroatoms. The van der Waals surface area contributed by atoms with E-state index in [2.05, 4.69) is 10.6 Å². The SMILES string of the molecule is COc1cc2c(cc1OC)C(=O)N/C(=C(/C#N)C(=O)CCl)N2. The Kier molecular flexibility index (Phi) is 4.53. The number of hydrogen-bond acceptors (Lipinski definition) is 6. The first-order valence-electron chi connectivity index (χ1n) is 6.13. The summed E-state index contributed by atoms with van der Waals surface area (Å²) in [5, 5.41) is 14.4. The molecule has 7 nitrogen and oxygen atoms in total. The summed E-state index contributed by atoms with van der Waals surface area (Å²) in [5.41, 5.74) is 0.451. The van der Waals surface area contributed by atoms with Crippen molar-refractivity contribution in [3.05, 3.63) is 29.1 Å². The third-order valence-electron chi connectivity index (χ3n) is 3.03. The summed E-state index contributed by atoms with van der Waals surface area (Å²) in [4.78, 5) is 23.8. The van der Waals surface area contributed by atoms with E-state index in [9.17, 15) is 9.59 Å². The minimum absolute atomic E-state index is 0.00197. The quantitative estimate of drug-likeness (QED) is 0.494. The Balaban J connectivity index is 2.55. The molecule has 0 bridgehead atoms. The molecule has 1 aliphatic rings. The number of carbonyl (C=O) groups is 2. The molecule has 0 saturated heterocycles. The van der Waals surface area contributed by atoms with Gasteiger partial charge in [0.1, 0.15) is 17.5 Å². The van der Waals surface area contributed by atoms with Gasteiger partial charge >= 0.3 is 0 Å². The summed E-state index contributed by atoms with van der Waals surface area (Å²) in [6.07, 6.45) is 0. The maximum Gasteiger partial charge on any atom is 0.259 e. The van der Waals surface area contributed by atoms with Crippen molar-refractivity contribution >= 4 is 29.0 Å². The number of nitrogens with zero attached hydrogens (tertiary/aromatic N) is 1. The summed E-state index contributed by atoms with van der Waals surface area (Å²) in [6, 6.07) is 4.79. The van der Waals surface area contributed by atoms with Gasteiger partial charge in [0.2, 0.25) is 0 Å². The number of fused-ring (bicyclic) bond motifs is 1.